The summed E-state index contributed by atoms with van der Waals surface area (Å²) in [5, 5.41) is 3.34. The predicted octanol–water partition coefficient (Wildman–Crippen LogP) is 7.14. The van der Waals surface area contributed by atoms with Gasteiger partial charge in [0.25, 0.3) is 0 Å². The van der Waals surface area contributed by atoms with E-state index in [-0.39, 0.29) is 0 Å². The molecular weight excluding hydrogens is 334 g/mol. The summed E-state index contributed by atoms with van der Waals surface area (Å²) in [5.74, 6) is 0. The maximum Gasteiger partial charge on any atom is 0.0641 e. The minimum Gasteiger partial charge on any atom is -0.257 e. The highest BCUT2D eigenvalue weighted by Gasteiger charge is 2.15. The number of rotatable bonds is 4. The fourth-order valence-corrected chi connectivity index (χ4v) is 5.03. The Bertz CT molecular complexity index is 917. The van der Waals surface area contributed by atoms with Crippen molar-refractivity contribution in [1.82, 2.24) is 4.98 Å². The van der Waals surface area contributed by atoms with E-state index in [9.17, 15) is 0 Å². The van der Waals surface area contributed by atoms with Crippen molar-refractivity contribution in [2.45, 2.75) is 49.2 Å². The second kappa shape index (κ2) is 8.09. The molecule has 0 N–H and O–H groups in total. The number of pyridine rings is 1. The first-order valence-corrected chi connectivity index (χ1v) is 10.5. The molecule has 26 heavy (non-hydrogen) atoms. The van der Waals surface area contributed by atoms with E-state index in [0.717, 1.165) is 10.9 Å². The van der Waals surface area contributed by atoms with Gasteiger partial charge in [0, 0.05) is 16.3 Å². The third-order valence-corrected chi connectivity index (χ3v) is 6.68. The molecule has 0 spiro atoms. The molecule has 0 radical (unpaired) electrons. The largest absolute Gasteiger partial charge is 0.257 e. The van der Waals surface area contributed by atoms with E-state index < -0.39 is 0 Å². The second-order valence-electron chi connectivity index (χ2n) is 7.15. The number of hydrogen-bond acceptors (Lipinski definition) is 2. The maximum atomic E-state index is 4.63. The first-order chi connectivity index (χ1) is 12.8. The van der Waals surface area contributed by atoms with Crippen molar-refractivity contribution in [2.24, 2.45) is 0 Å². The zero-order valence-corrected chi connectivity index (χ0v) is 16.1. The molecule has 1 fully saturated rings. The van der Waals surface area contributed by atoms with Crippen molar-refractivity contribution in [3.05, 3.63) is 71.5 Å². The van der Waals surface area contributed by atoms with Crippen molar-refractivity contribution in [3.8, 4) is 0 Å². The summed E-state index contributed by atoms with van der Waals surface area (Å²) in [7, 11) is 0. The number of thioether (sulfide) groups is 1. The third-order valence-electron chi connectivity index (χ3n) is 5.18. The lowest BCUT2D eigenvalue weighted by Gasteiger charge is -2.21. The van der Waals surface area contributed by atoms with Gasteiger partial charge in [0.05, 0.1) is 5.69 Å². The Labute approximate surface area is 160 Å². The van der Waals surface area contributed by atoms with E-state index >= 15 is 0 Å². The summed E-state index contributed by atoms with van der Waals surface area (Å²) in [5.41, 5.74) is 3.58. The van der Waals surface area contributed by atoms with Crippen LogP contribution in [0.25, 0.3) is 22.9 Å². The van der Waals surface area contributed by atoms with Gasteiger partial charge in [-0.15, -0.1) is 11.8 Å². The molecule has 1 aliphatic carbocycles. The summed E-state index contributed by atoms with van der Waals surface area (Å²) in [4.78, 5) is 6.02. The van der Waals surface area contributed by atoms with Crippen LogP contribution in [-0.2, 0) is 0 Å². The van der Waals surface area contributed by atoms with Crippen LogP contribution in [0.1, 0.15) is 48.9 Å². The van der Waals surface area contributed by atoms with Crippen LogP contribution < -0.4 is 0 Å². The lowest BCUT2D eigenvalue weighted by molar-refractivity contribution is 0.516. The summed E-state index contributed by atoms with van der Waals surface area (Å²) < 4.78 is 0. The molecule has 0 amide bonds. The van der Waals surface area contributed by atoms with E-state index in [1.807, 2.05) is 6.20 Å². The van der Waals surface area contributed by atoms with Crippen LogP contribution >= 0.6 is 11.8 Å². The van der Waals surface area contributed by atoms with Crippen molar-refractivity contribution < 1.29 is 0 Å². The van der Waals surface area contributed by atoms with Crippen molar-refractivity contribution in [3.63, 3.8) is 0 Å². The Kier molecular flexibility index (Phi) is 5.40. The van der Waals surface area contributed by atoms with Crippen LogP contribution in [0.3, 0.4) is 0 Å². The molecule has 132 valence electrons. The van der Waals surface area contributed by atoms with Crippen LogP contribution in [-0.4, -0.2) is 10.2 Å². The fraction of sp³-hybridized carbons (Fsp3) is 0.292. The number of benzene rings is 2. The van der Waals surface area contributed by atoms with Crippen molar-refractivity contribution in [2.75, 3.05) is 0 Å². The highest BCUT2D eigenvalue weighted by atomic mass is 32.2. The first-order valence-electron chi connectivity index (χ1n) is 9.59. The molecule has 4 rings (SSSR count). The number of nitrogens with zero attached hydrogens (tertiary/aromatic N) is 1. The van der Waals surface area contributed by atoms with E-state index in [2.05, 4.69) is 84.4 Å². The molecule has 0 saturated heterocycles. The highest BCUT2D eigenvalue weighted by molar-refractivity contribution is 8.00. The maximum absolute atomic E-state index is 4.63. The van der Waals surface area contributed by atoms with Gasteiger partial charge in [-0.05, 0) is 53.8 Å². The van der Waals surface area contributed by atoms with E-state index in [1.165, 1.54) is 58.9 Å². The van der Waals surface area contributed by atoms with Crippen molar-refractivity contribution >= 4 is 34.7 Å². The molecule has 1 aliphatic rings. The zero-order chi connectivity index (χ0) is 17.8. The highest BCUT2D eigenvalue weighted by Crippen LogP contribution is 2.35. The molecule has 2 heteroatoms. The van der Waals surface area contributed by atoms with Crippen LogP contribution in [0, 0.1) is 6.92 Å². The number of hydrogen-bond donors (Lipinski definition) is 0. The molecule has 1 nitrogen and oxygen atoms in total. The molecule has 0 unspecified atom stereocenters. The van der Waals surface area contributed by atoms with Gasteiger partial charge in [-0.3, -0.25) is 4.98 Å². The summed E-state index contributed by atoms with van der Waals surface area (Å²) >= 11 is 2.06. The molecule has 0 bridgehead atoms. The summed E-state index contributed by atoms with van der Waals surface area (Å²) in [6.45, 7) is 2.18. The molecule has 1 heterocycles. The second-order valence-corrected chi connectivity index (χ2v) is 8.50. The third kappa shape index (κ3) is 4.02. The smallest absolute Gasteiger partial charge is 0.0641 e. The lowest BCUT2D eigenvalue weighted by Crippen LogP contribution is -2.08. The molecular formula is C24H25NS. The molecule has 0 aliphatic heterocycles. The topological polar surface area (TPSA) is 12.9 Å². The average molecular weight is 360 g/mol. The number of aromatic nitrogens is 1. The molecule has 1 aromatic heterocycles. The van der Waals surface area contributed by atoms with E-state index in [1.54, 1.807) is 0 Å². The molecule has 2 aromatic carbocycles. The standard InChI is InChI=1S/C24H25NS/c1-18-17-25-21(16-24(18)26-22-11-3-2-4-12-22)15-14-20-10-7-9-19-8-5-6-13-23(19)20/h5-10,13-17,22H,2-4,11-12H2,1H3/b15-14+. The molecule has 1 saturated carbocycles. The lowest BCUT2D eigenvalue weighted by atomic mass is 10.0. The fourth-order valence-electron chi connectivity index (χ4n) is 3.67. The zero-order valence-electron chi connectivity index (χ0n) is 15.3. The normalized spacial score (nSPS) is 15.7. The molecule has 0 atom stereocenters. The van der Waals surface area contributed by atoms with Gasteiger partial charge in [0.1, 0.15) is 0 Å². The van der Waals surface area contributed by atoms with Gasteiger partial charge >= 0.3 is 0 Å². The predicted molar refractivity (Wildman–Crippen MR) is 115 cm³/mol. The van der Waals surface area contributed by atoms with Crippen LogP contribution in [0.4, 0.5) is 0 Å². The van der Waals surface area contributed by atoms with Crippen LogP contribution in [0.2, 0.25) is 0 Å². The Morgan fingerprint density at radius 2 is 1.77 bits per heavy atom. The van der Waals surface area contributed by atoms with Crippen LogP contribution in [0.15, 0.2) is 59.6 Å². The first kappa shape index (κ1) is 17.4. The van der Waals surface area contributed by atoms with Gasteiger partial charge in [-0.25, -0.2) is 0 Å². The molecule has 3 aromatic rings. The van der Waals surface area contributed by atoms with Gasteiger partial charge in [-0.1, -0.05) is 67.8 Å². The summed E-state index contributed by atoms with van der Waals surface area (Å²) in [6, 6.07) is 17.2. The van der Waals surface area contributed by atoms with Crippen molar-refractivity contribution in [1.29, 1.82) is 0 Å². The Morgan fingerprint density at radius 1 is 0.962 bits per heavy atom. The monoisotopic (exact) mass is 359 g/mol. The van der Waals surface area contributed by atoms with E-state index in [0.29, 0.717) is 0 Å². The minimum absolute atomic E-state index is 0.778. The number of fused-ring (bicyclic) bond motifs is 1. The van der Waals surface area contributed by atoms with Crippen LogP contribution in [0.5, 0.6) is 0 Å². The van der Waals surface area contributed by atoms with E-state index in [4.69, 9.17) is 0 Å². The van der Waals surface area contributed by atoms with Gasteiger partial charge in [-0.2, -0.15) is 0 Å². The Hall–Kier alpha value is -2.06. The summed E-state index contributed by atoms with van der Waals surface area (Å²) in [6.07, 6.45) is 13.2. The average Bonchev–Trinajstić information content (AvgIpc) is 2.69. The van der Waals surface area contributed by atoms with Gasteiger partial charge in [0.2, 0.25) is 0 Å². The van der Waals surface area contributed by atoms with Gasteiger partial charge in [0.15, 0.2) is 0 Å². The Morgan fingerprint density at radius 3 is 2.65 bits per heavy atom. The minimum atomic E-state index is 0.778. The number of aryl methyl sites for hydroxylation is 1. The Balaban J connectivity index is 1.57. The SMILES string of the molecule is Cc1cnc(/C=C/c2cccc3ccccc23)cc1SC1CCCCC1. The van der Waals surface area contributed by atoms with Gasteiger partial charge < -0.3 is 0 Å². The quantitative estimate of drug-likeness (QED) is 0.491.